The number of anilines is 1. The number of hydrogen-bond donors (Lipinski definition) is 1. The number of aryl methyl sites for hydroxylation is 2. The minimum atomic E-state index is -1.09. The second kappa shape index (κ2) is 8.44. The Kier molecular flexibility index (Phi) is 5.41. The maximum Gasteiger partial charge on any atom is 0.301 e. The van der Waals surface area contributed by atoms with Gasteiger partial charge in [-0.3, -0.25) is 24.6 Å². The summed E-state index contributed by atoms with van der Waals surface area (Å²) in [6, 6.07) is 17.2. The lowest BCUT2D eigenvalue weighted by atomic mass is 9.95. The zero-order valence-corrected chi connectivity index (χ0v) is 19.6. The van der Waals surface area contributed by atoms with Crippen LogP contribution in [-0.4, -0.2) is 26.7 Å². The fourth-order valence-electron chi connectivity index (χ4n) is 4.14. The van der Waals surface area contributed by atoms with E-state index in [2.05, 4.69) is 4.98 Å². The third-order valence-corrected chi connectivity index (χ3v) is 6.92. The van der Waals surface area contributed by atoms with Crippen LogP contribution in [0.25, 0.3) is 16.0 Å². The van der Waals surface area contributed by atoms with Gasteiger partial charge in [-0.15, -0.1) is 0 Å². The van der Waals surface area contributed by atoms with Crippen LogP contribution < -0.4 is 4.90 Å². The second-order valence-corrected chi connectivity index (χ2v) is 9.36. The van der Waals surface area contributed by atoms with Gasteiger partial charge in [0.25, 0.3) is 11.5 Å². The first-order chi connectivity index (χ1) is 16.7. The minimum Gasteiger partial charge on any atom is -0.507 e. The smallest absolute Gasteiger partial charge is 0.301 e. The van der Waals surface area contributed by atoms with Crippen molar-refractivity contribution in [3.05, 3.63) is 105 Å². The molecule has 1 atom stereocenters. The molecule has 1 amide bonds. The van der Waals surface area contributed by atoms with Crippen LogP contribution in [0, 0.1) is 24.0 Å². The Bertz CT molecular complexity index is 1560. The number of ketones is 1. The molecule has 0 aliphatic carbocycles. The van der Waals surface area contributed by atoms with Gasteiger partial charge in [0.15, 0.2) is 5.13 Å². The Morgan fingerprint density at radius 1 is 1.03 bits per heavy atom. The highest BCUT2D eigenvalue weighted by Crippen LogP contribution is 2.44. The molecular weight excluding hydrogens is 466 g/mol. The van der Waals surface area contributed by atoms with Crippen molar-refractivity contribution < 1.29 is 19.6 Å². The van der Waals surface area contributed by atoms with Crippen LogP contribution in [0.15, 0.2) is 72.3 Å². The normalized spacial score (nSPS) is 17.3. The molecule has 2 heterocycles. The standard InChI is InChI=1S/C26H19N3O5S/c1-14-6-9-16(10-7-14)23(30)21-22(17-4-3-5-18(13-17)29(33)34)28(25(32)24(21)31)26-27-19-11-8-15(2)12-20(19)35-26/h3-13,22,30H,1-2H3/t22-/m1/s1. The number of carbonyl (C=O) groups is 2. The third-order valence-electron chi connectivity index (χ3n) is 5.90. The van der Waals surface area contributed by atoms with Gasteiger partial charge in [0.2, 0.25) is 0 Å². The highest BCUT2D eigenvalue weighted by Gasteiger charge is 2.48. The molecule has 1 aliphatic rings. The molecule has 0 spiro atoms. The number of carbonyl (C=O) groups excluding carboxylic acids is 2. The van der Waals surface area contributed by atoms with Crippen LogP contribution >= 0.6 is 11.3 Å². The van der Waals surface area contributed by atoms with Crippen molar-refractivity contribution in [1.29, 1.82) is 0 Å². The number of nitrogens with zero attached hydrogens (tertiary/aromatic N) is 3. The van der Waals surface area contributed by atoms with E-state index in [1.165, 1.54) is 34.4 Å². The van der Waals surface area contributed by atoms with Gasteiger partial charge in [-0.05, 0) is 37.1 Å². The van der Waals surface area contributed by atoms with E-state index in [-0.39, 0.29) is 22.2 Å². The Hall–Kier alpha value is -4.37. The number of thiazole rings is 1. The predicted octanol–water partition coefficient (Wildman–Crippen LogP) is 5.45. The number of aliphatic hydroxyl groups is 1. The van der Waals surface area contributed by atoms with E-state index < -0.39 is 22.7 Å². The monoisotopic (exact) mass is 485 g/mol. The van der Waals surface area contributed by atoms with Crippen LogP contribution in [0.5, 0.6) is 0 Å². The van der Waals surface area contributed by atoms with E-state index in [1.54, 1.807) is 30.3 Å². The predicted molar refractivity (Wildman–Crippen MR) is 133 cm³/mol. The highest BCUT2D eigenvalue weighted by molar-refractivity contribution is 7.22. The summed E-state index contributed by atoms with van der Waals surface area (Å²) in [5.74, 6) is -2.08. The van der Waals surface area contributed by atoms with Crippen LogP contribution in [-0.2, 0) is 9.59 Å². The second-order valence-electron chi connectivity index (χ2n) is 8.35. The van der Waals surface area contributed by atoms with Crippen molar-refractivity contribution in [2.75, 3.05) is 4.90 Å². The number of nitro groups is 1. The molecule has 35 heavy (non-hydrogen) atoms. The number of non-ortho nitro benzene ring substituents is 1. The molecular formula is C26H19N3O5S. The van der Waals surface area contributed by atoms with Gasteiger partial charge < -0.3 is 5.11 Å². The van der Waals surface area contributed by atoms with Crippen LogP contribution in [0.1, 0.15) is 28.3 Å². The SMILES string of the molecule is Cc1ccc(C(O)=C2C(=O)C(=O)N(c3nc4ccc(C)cc4s3)[C@@H]2c2cccc([N+](=O)[O-])c2)cc1. The molecule has 1 N–H and O–H groups in total. The fraction of sp³-hybridized carbons (Fsp3) is 0.115. The summed E-state index contributed by atoms with van der Waals surface area (Å²) in [5, 5.41) is 22.9. The Morgan fingerprint density at radius 3 is 2.46 bits per heavy atom. The van der Waals surface area contributed by atoms with E-state index in [4.69, 9.17) is 0 Å². The fourth-order valence-corrected chi connectivity index (χ4v) is 5.23. The van der Waals surface area contributed by atoms with Gasteiger partial charge in [0.1, 0.15) is 5.76 Å². The molecule has 3 aromatic carbocycles. The lowest BCUT2D eigenvalue weighted by Gasteiger charge is -2.22. The summed E-state index contributed by atoms with van der Waals surface area (Å²) in [4.78, 5) is 43.3. The molecule has 0 saturated carbocycles. The number of rotatable bonds is 4. The summed E-state index contributed by atoms with van der Waals surface area (Å²) in [5.41, 5.74) is 2.99. The number of aliphatic hydroxyl groups excluding tert-OH is 1. The van der Waals surface area contributed by atoms with E-state index in [0.717, 1.165) is 15.8 Å². The molecule has 1 aliphatic heterocycles. The summed E-state index contributed by atoms with van der Waals surface area (Å²) < 4.78 is 0.832. The number of benzene rings is 3. The first-order valence-corrected chi connectivity index (χ1v) is 11.6. The van der Waals surface area contributed by atoms with Gasteiger partial charge in [-0.25, -0.2) is 4.98 Å². The van der Waals surface area contributed by atoms with E-state index >= 15 is 0 Å². The van der Waals surface area contributed by atoms with Gasteiger partial charge in [-0.2, -0.15) is 0 Å². The molecule has 8 nitrogen and oxygen atoms in total. The van der Waals surface area contributed by atoms with Crippen molar-refractivity contribution in [2.24, 2.45) is 0 Å². The molecule has 1 fully saturated rings. The van der Waals surface area contributed by atoms with Gasteiger partial charge in [-0.1, -0.05) is 59.4 Å². The van der Waals surface area contributed by atoms with Crippen molar-refractivity contribution in [2.45, 2.75) is 19.9 Å². The van der Waals surface area contributed by atoms with Crippen LogP contribution in [0.3, 0.4) is 0 Å². The third kappa shape index (κ3) is 3.85. The largest absolute Gasteiger partial charge is 0.507 e. The summed E-state index contributed by atoms with van der Waals surface area (Å²) in [6.45, 7) is 3.83. The molecule has 1 aromatic heterocycles. The lowest BCUT2D eigenvalue weighted by Crippen LogP contribution is -2.29. The Labute approximate surface area is 203 Å². The number of hydrogen-bond acceptors (Lipinski definition) is 7. The number of fused-ring (bicyclic) bond motifs is 1. The van der Waals surface area contributed by atoms with Crippen LogP contribution in [0.2, 0.25) is 0 Å². The molecule has 4 aromatic rings. The molecule has 0 bridgehead atoms. The number of amides is 1. The van der Waals surface area contributed by atoms with Crippen molar-refractivity contribution in [3.63, 3.8) is 0 Å². The first-order valence-electron chi connectivity index (χ1n) is 10.7. The zero-order chi connectivity index (χ0) is 24.9. The van der Waals surface area contributed by atoms with Gasteiger partial charge in [0.05, 0.1) is 26.8 Å². The van der Waals surface area contributed by atoms with Crippen molar-refractivity contribution in [3.8, 4) is 0 Å². The van der Waals surface area contributed by atoms with Gasteiger partial charge >= 0.3 is 5.91 Å². The van der Waals surface area contributed by atoms with Crippen LogP contribution in [0.4, 0.5) is 10.8 Å². The van der Waals surface area contributed by atoms with Crippen molar-refractivity contribution >= 4 is 49.8 Å². The zero-order valence-electron chi connectivity index (χ0n) is 18.8. The Morgan fingerprint density at radius 2 is 1.74 bits per heavy atom. The molecule has 9 heteroatoms. The molecule has 0 unspecified atom stereocenters. The van der Waals surface area contributed by atoms with Gasteiger partial charge in [0, 0.05) is 17.7 Å². The molecule has 174 valence electrons. The highest BCUT2D eigenvalue weighted by atomic mass is 32.1. The minimum absolute atomic E-state index is 0.144. The summed E-state index contributed by atoms with van der Waals surface area (Å²) >= 11 is 1.24. The van der Waals surface area contributed by atoms with E-state index in [9.17, 15) is 24.8 Å². The number of aromatic nitrogens is 1. The topological polar surface area (TPSA) is 114 Å². The maximum atomic E-state index is 13.3. The average molecular weight is 486 g/mol. The maximum absolute atomic E-state index is 13.3. The molecule has 5 rings (SSSR count). The number of Topliss-reactive ketones (excluding diaryl/α,β-unsaturated/α-hetero) is 1. The van der Waals surface area contributed by atoms with E-state index in [0.29, 0.717) is 16.6 Å². The lowest BCUT2D eigenvalue weighted by molar-refractivity contribution is -0.384. The van der Waals surface area contributed by atoms with Crippen molar-refractivity contribution in [1.82, 2.24) is 4.98 Å². The number of nitro benzene ring substituents is 1. The first kappa shape index (κ1) is 22.4. The van der Waals surface area contributed by atoms with E-state index in [1.807, 2.05) is 32.0 Å². The summed E-state index contributed by atoms with van der Waals surface area (Å²) in [6.07, 6.45) is 0. The Balaban J connectivity index is 1.75. The summed E-state index contributed by atoms with van der Waals surface area (Å²) in [7, 11) is 0. The molecule has 0 radical (unpaired) electrons. The molecule has 1 saturated heterocycles. The quantitative estimate of drug-likeness (QED) is 0.135. The average Bonchev–Trinajstić information content (AvgIpc) is 3.37.